The van der Waals surface area contributed by atoms with Crippen LogP contribution in [-0.2, 0) is 19.6 Å². The third-order valence-corrected chi connectivity index (χ3v) is 4.89. The van der Waals surface area contributed by atoms with Gasteiger partial charge in [-0.1, -0.05) is 23.7 Å². The van der Waals surface area contributed by atoms with Crippen molar-refractivity contribution in [2.45, 2.75) is 26.0 Å². The fourth-order valence-corrected chi connectivity index (χ4v) is 3.25. The zero-order valence-electron chi connectivity index (χ0n) is 16.5. The molecule has 2 N–H and O–H groups in total. The summed E-state index contributed by atoms with van der Waals surface area (Å²) in [6.07, 6.45) is -0.0925. The standard InChI is InChI=1S/C20H21ClN2O6S/c1-12(22-19(25)16-6-4-5-7-17(16)21)20(26)29-13(2)18(24)14-8-10-15(11-9-14)23-30(3,27)28/h4-13,23H,1-3H3,(H,22,25). The highest BCUT2D eigenvalue weighted by atomic mass is 35.5. The third-order valence-electron chi connectivity index (χ3n) is 3.95. The van der Waals surface area contributed by atoms with Crippen LogP contribution in [0.4, 0.5) is 5.69 Å². The zero-order chi connectivity index (χ0) is 22.5. The van der Waals surface area contributed by atoms with Gasteiger partial charge in [-0.25, -0.2) is 13.2 Å². The molecule has 2 aromatic carbocycles. The van der Waals surface area contributed by atoms with Gasteiger partial charge < -0.3 is 10.1 Å². The Bertz CT molecular complexity index is 1050. The van der Waals surface area contributed by atoms with Crippen molar-refractivity contribution in [2.24, 2.45) is 0 Å². The number of ketones is 1. The lowest BCUT2D eigenvalue weighted by atomic mass is 10.1. The van der Waals surface area contributed by atoms with E-state index in [2.05, 4.69) is 10.0 Å². The minimum atomic E-state index is -3.43. The molecule has 10 heteroatoms. The summed E-state index contributed by atoms with van der Waals surface area (Å²) in [5.41, 5.74) is 0.752. The van der Waals surface area contributed by atoms with Crippen molar-refractivity contribution < 1.29 is 27.5 Å². The number of hydrogen-bond donors (Lipinski definition) is 2. The van der Waals surface area contributed by atoms with Gasteiger partial charge in [0.15, 0.2) is 6.10 Å². The number of esters is 1. The van der Waals surface area contributed by atoms with Gasteiger partial charge in [-0.05, 0) is 50.2 Å². The van der Waals surface area contributed by atoms with Crippen LogP contribution in [0.5, 0.6) is 0 Å². The highest BCUT2D eigenvalue weighted by Crippen LogP contribution is 2.16. The molecule has 0 aliphatic rings. The summed E-state index contributed by atoms with van der Waals surface area (Å²) >= 11 is 5.96. The first-order valence-electron chi connectivity index (χ1n) is 8.86. The molecule has 0 fully saturated rings. The van der Waals surface area contributed by atoms with Crippen LogP contribution in [0.3, 0.4) is 0 Å². The van der Waals surface area contributed by atoms with Gasteiger partial charge in [0, 0.05) is 11.3 Å². The van der Waals surface area contributed by atoms with E-state index in [9.17, 15) is 22.8 Å². The molecule has 0 aliphatic carbocycles. The molecule has 2 aromatic rings. The lowest BCUT2D eigenvalue weighted by Gasteiger charge is -2.17. The van der Waals surface area contributed by atoms with E-state index in [1.54, 1.807) is 18.2 Å². The Morgan fingerprint density at radius 2 is 1.60 bits per heavy atom. The van der Waals surface area contributed by atoms with Crippen molar-refractivity contribution in [1.29, 1.82) is 0 Å². The van der Waals surface area contributed by atoms with Crippen LogP contribution in [0.25, 0.3) is 0 Å². The van der Waals surface area contributed by atoms with Gasteiger partial charge in [0.1, 0.15) is 6.04 Å². The number of ether oxygens (including phenoxy) is 1. The Hall–Kier alpha value is -2.91. The Balaban J connectivity index is 1.96. The molecule has 2 unspecified atom stereocenters. The van der Waals surface area contributed by atoms with Crippen LogP contribution in [0.2, 0.25) is 5.02 Å². The number of sulfonamides is 1. The molecule has 1 amide bonds. The number of carbonyl (C=O) groups is 3. The molecule has 0 heterocycles. The average molecular weight is 453 g/mol. The highest BCUT2D eigenvalue weighted by molar-refractivity contribution is 7.92. The Morgan fingerprint density at radius 1 is 1.00 bits per heavy atom. The summed E-state index contributed by atoms with van der Waals surface area (Å²) in [4.78, 5) is 37.0. The first-order chi connectivity index (χ1) is 14.0. The van der Waals surface area contributed by atoms with Crippen molar-refractivity contribution in [3.63, 3.8) is 0 Å². The van der Waals surface area contributed by atoms with Crippen molar-refractivity contribution in [3.05, 3.63) is 64.7 Å². The van der Waals surface area contributed by atoms with E-state index in [1.807, 2.05) is 0 Å². The molecular formula is C20H21ClN2O6S. The first-order valence-corrected chi connectivity index (χ1v) is 11.1. The van der Waals surface area contributed by atoms with Gasteiger partial charge in [0.25, 0.3) is 5.91 Å². The summed E-state index contributed by atoms with van der Waals surface area (Å²) in [6, 6.07) is 11.1. The molecule has 0 aliphatic heterocycles. The van der Waals surface area contributed by atoms with E-state index < -0.39 is 39.8 Å². The predicted octanol–water partition coefficient (Wildman–Crippen LogP) is 2.64. The van der Waals surface area contributed by atoms with E-state index in [0.717, 1.165) is 6.26 Å². The smallest absolute Gasteiger partial charge is 0.329 e. The van der Waals surface area contributed by atoms with Crippen LogP contribution < -0.4 is 10.0 Å². The van der Waals surface area contributed by atoms with Crippen molar-refractivity contribution >= 4 is 45.0 Å². The number of hydrogen-bond acceptors (Lipinski definition) is 6. The lowest BCUT2D eigenvalue weighted by molar-refractivity contribution is -0.148. The summed E-state index contributed by atoms with van der Waals surface area (Å²) in [5.74, 6) is -1.80. The molecular weight excluding hydrogens is 432 g/mol. The van der Waals surface area contributed by atoms with Crippen LogP contribution in [0.1, 0.15) is 34.6 Å². The van der Waals surface area contributed by atoms with E-state index in [4.69, 9.17) is 16.3 Å². The number of Topliss-reactive ketones (excluding diaryl/α,β-unsaturated/α-hetero) is 1. The predicted molar refractivity (Wildman–Crippen MR) is 113 cm³/mol. The SMILES string of the molecule is CC(NC(=O)c1ccccc1Cl)C(=O)OC(C)C(=O)c1ccc(NS(C)(=O)=O)cc1. The van der Waals surface area contributed by atoms with Crippen LogP contribution in [-0.4, -0.2) is 44.5 Å². The van der Waals surface area contributed by atoms with Crippen LogP contribution in [0, 0.1) is 0 Å². The van der Waals surface area contributed by atoms with Crippen LogP contribution in [0.15, 0.2) is 48.5 Å². The van der Waals surface area contributed by atoms with E-state index >= 15 is 0 Å². The maximum atomic E-state index is 12.5. The second-order valence-corrected chi connectivity index (χ2v) is 8.73. The molecule has 0 aromatic heterocycles. The summed E-state index contributed by atoms with van der Waals surface area (Å²) in [5, 5.41) is 2.72. The summed E-state index contributed by atoms with van der Waals surface area (Å²) in [7, 11) is -3.43. The summed E-state index contributed by atoms with van der Waals surface area (Å²) < 4.78 is 29.9. The third kappa shape index (κ3) is 6.57. The molecule has 0 spiro atoms. The van der Waals surface area contributed by atoms with E-state index in [1.165, 1.54) is 44.2 Å². The second-order valence-electron chi connectivity index (χ2n) is 6.57. The quantitative estimate of drug-likeness (QED) is 0.469. The lowest BCUT2D eigenvalue weighted by Crippen LogP contribution is -2.41. The van der Waals surface area contributed by atoms with Gasteiger partial charge in [0.05, 0.1) is 16.8 Å². The molecule has 0 saturated carbocycles. The molecule has 0 saturated heterocycles. The minimum Gasteiger partial charge on any atom is -0.453 e. The number of amides is 1. The van der Waals surface area contributed by atoms with Crippen molar-refractivity contribution in [2.75, 3.05) is 11.0 Å². The number of benzene rings is 2. The largest absolute Gasteiger partial charge is 0.453 e. The highest BCUT2D eigenvalue weighted by Gasteiger charge is 2.24. The van der Waals surface area contributed by atoms with E-state index in [-0.39, 0.29) is 16.1 Å². The molecule has 8 nitrogen and oxygen atoms in total. The Labute approximate surface area is 179 Å². The number of halogens is 1. The number of carbonyl (C=O) groups excluding carboxylic acids is 3. The van der Waals surface area contributed by atoms with Gasteiger partial charge in [0.2, 0.25) is 15.8 Å². The maximum absolute atomic E-state index is 12.5. The molecule has 30 heavy (non-hydrogen) atoms. The van der Waals surface area contributed by atoms with Gasteiger partial charge in [-0.15, -0.1) is 0 Å². The Kier molecular flexibility index (Phi) is 7.58. The second kappa shape index (κ2) is 9.73. The fraction of sp³-hybridized carbons (Fsp3) is 0.250. The topological polar surface area (TPSA) is 119 Å². The number of anilines is 1. The average Bonchev–Trinajstić information content (AvgIpc) is 2.66. The zero-order valence-corrected chi connectivity index (χ0v) is 18.1. The minimum absolute atomic E-state index is 0.214. The monoisotopic (exact) mass is 452 g/mol. The molecule has 160 valence electrons. The number of rotatable bonds is 8. The van der Waals surface area contributed by atoms with Crippen molar-refractivity contribution in [1.82, 2.24) is 5.32 Å². The van der Waals surface area contributed by atoms with E-state index in [0.29, 0.717) is 5.69 Å². The Morgan fingerprint density at radius 3 is 2.17 bits per heavy atom. The van der Waals surface area contributed by atoms with Crippen molar-refractivity contribution in [3.8, 4) is 0 Å². The summed E-state index contributed by atoms with van der Waals surface area (Å²) in [6.45, 7) is 2.84. The maximum Gasteiger partial charge on any atom is 0.329 e. The molecule has 0 bridgehead atoms. The molecule has 2 rings (SSSR count). The van der Waals surface area contributed by atoms with Crippen LogP contribution >= 0.6 is 11.6 Å². The van der Waals surface area contributed by atoms with Gasteiger partial charge >= 0.3 is 5.97 Å². The van der Waals surface area contributed by atoms with Gasteiger partial charge in [-0.2, -0.15) is 0 Å². The fourth-order valence-electron chi connectivity index (χ4n) is 2.46. The first kappa shape index (κ1) is 23.4. The van der Waals surface area contributed by atoms with Gasteiger partial charge in [-0.3, -0.25) is 14.3 Å². The molecule has 2 atom stereocenters. The molecule has 0 radical (unpaired) electrons. The normalized spacial score (nSPS) is 13.1. The number of nitrogens with one attached hydrogen (secondary N) is 2.